The molecule has 0 spiro atoms. The van der Waals surface area contributed by atoms with Crippen LogP contribution in [0, 0.1) is 0 Å². The van der Waals surface area contributed by atoms with Gasteiger partial charge in [-0.05, 0) is 17.0 Å². The number of hydrogen-bond acceptors (Lipinski definition) is 2. The van der Waals surface area contributed by atoms with Gasteiger partial charge in [0.2, 0.25) is 5.91 Å². The molecule has 6 heteroatoms. The maximum atomic E-state index is 12.2. The molecule has 19 heavy (non-hydrogen) atoms. The molecule has 0 saturated carbocycles. The van der Waals surface area contributed by atoms with Gasteiger partial charge in [0.25, 0.3) is 0 Å². The Hall–Kier alpha value is -1.56. The Bertz CT molecular complexity index is 427. The molecule has 0 aliphatic carbocycles. The molecule has 3 N–H and O–H groups in total. The van der Waals surface area contributed by atoms with E-state index in [1.54, 1.807) is 24.3 Å². The van der Waals surface area contributed by atoms with Crippen LogP contribution < -0.4 is 11.1 Å². The van der Waals surface area contributed by atoms with Crippen LogP contribution in [0.5, 0.6) is 0 Å². The Kier molecular flexibility index (Phi) is 4.94. The number of nitrogens with one attached hydrogen (secondary N) is 1. The minimum absolute atomic E-state index is 0.309. The fraction of sp³-hybridized carbons (Fsp3) is 0.462. The number of primary amides is 1. The van der Waals surface area contributed by atoms with Crippen LogP contribution in [-0.2, 0) is 4.79 Å². The average molecular weight is 274 g/mol. The van der Waals surface area contributed by atoms with Crippen molar-refractivity contribution in [2.75, 3.05) is 6.54 Å². The third-order valence-corrected chi connectivity index (χ3v) is 2.73. The van der Waals surface area contributed by atoms with Crippen molar-refractivity contribution in [3.05, 3.63) is 35.4 Å². The molecule has 106 valence electrons. The number of benzene rings is 1. The van der Waals surface area contributed by atoms with Gasteiger partial charge in [0.05, 0.1) is 6.54 Å². The minimum Gasteiger partial charge on any atom is -0.368 e. The lowest BCUT2D eigenvalue weighted by Crippen LogP contribution is -2.38. The van der Waals surface area contributed by atoms with E-state index in [9.17, 15) is 18.0 Å². The summed E-state index contributed by atoms with van der Waals surface area (Å²) in [5, 5.41) is 2.12. The van der Waals surface area contributed by atoms with Gasteiger partial charge < -0.3 is 5.73 Å². The van der Waals surface area contributed by atoms with Crippen molar-refractivity contribution in [1.29, 1.82) is 0 Å². The third kappa shape index (κ3) is 4.90. The number of halogens is 3. The molecule has 1 atom stereocenters. The maximum Gasteiger partial charge on any atom is 0.401 e. The lowest BCUT2D eigenvalue weighted by atomic mass is 9.99. The first-order chi connectivity index (χ1) is 8.70. The van der Waals surface area contributed by atoms with Crippen LogP contribution in [0.3, 0.4) is 0 Å². The van der Waals surface area contributed by atoms with Crippen LogP contribution >= 0.6 is 0 Å². The number of alkyl halides is 3. The highest BCUT2D eigenvalue weighted by Crippen LogP contribution is 2.20. The molecule has 0 saturated heterocycles. The topological polar surface area (TPSA) is 55.1 Å². The molecule has 0 aliphatic rings. The number of nitrogens with two attached hydrogens (primary N) is 1. The second kappa shape index (κ2) is 6.06. The van der Waals surface area contributed by atoms with Crippen LogP contribution in [0.15, 0.2) is 24.3 Å². The van der Waals surface area contributed by atoms with Gasteiger partial charge in [0, 0.05) is 0 Å². The van der Waals surface area contributed by atoms with E-state index in [0.717, 1.165) is 5.56 Å². The summed E-state index contributed by atoms with van der Waals surface area (Å²) in [5.41, 5.74) is 6.60. The Morgan fingerprint density at radius 1 is 1.21 bits per heavy atom. The first kappa shape index (κ1) is 15.5. The van der Waals surface area contributed by atoms with Crippen LogP contribution in [0.1, 0.15) is 36.9 Å². The van der Waals surface area contributed by atoms with Gasteiger partial charge >= 0.3 is 6.18 Å². The molecule has 1 amide bonds. The van der Waals surface area contributed by atoms with Crippen molar-refractivity contribution in [2.24, 2.45) is 5.73 Å². The van der Waals surface area contributed by atoms with Gasteiger partial charge in [0.1, 0.15) is 6.04 Å². The molecular formula is C13H17F3N2O. The summed E-state index contributed by atoms with van der Waals surface area (Å²) in [6.07, 6.45) is -4.38. The highest BCUT2D eigenvalue weighted by molar-refractivity contribution is 5.81. The zero-order valence-electron chi connectivity index (χ0n) is 10.8. The summed E-state index contributed by atoms with van der Waals surface area (Å²) in [4.78, 5) is 11.2. The molecule has 0 bridgehead atoms. The Morgan fingerprint density at radius 2 is 1.68 bits per heavy atom. The van der Waals surface area contributed by atoms with Crippen molar-refractivity contribution in [3.8, 4) is 0 Å². The van der Waals surface area contributed by atoms with Crippen molar-refractivity contribution in [3.63, 3.8) is 0 Å². The molecule has 0 heterocycles. The summed E-state index contributed by atoms with van der Waals surface area (Å²) < 4.78 is 36.5. The smallest absolute Gasteiger partial charge is 0.368 e. The fourth-order valence-corrected chi connectivity index (χ4v) is 1.67. The molecule has 0 radical (unpaired) electrons. The first-order valence-corrected chi connectivity index (χ1v) is 5.90. The first-order valence-electron chi connectivity index (χ1n) is 5.90. The Labute approximate surface area is 110 Å². The molecule has 1 rings (SSSR count). The van der Waals surface area contributed by atoms with Crippen molar-refractivity contribution in [1.82, 2.24) is 5.32 Å². The molecule has 0 aliphatic heterocycles. The summed E-state index contributed by atoms with van der Waals surface area (Å²) in [6.45, 7) is 2.75. The number of amides is 1. The van der Waals surface area contributed by atoms with Gasteiger partial charge in [0.15, 0.2) is 0 Å². The molecule has 0 fully saturated rings. The summed E-state index contributed by atoms with van der Waals surface area (Å²) in [7, 11) is 0. The van der Waals surface area contributed by atoms with Crippen LogP contribution in [0.2, 0.25) is 0 Å². The van der Waals surface area contributed by atoms with Gasteiger partial charge in [-0.25, -0.2) is 0 Å². The van der Waals surface area contributed by atoms with Gasteiger partial charge in [-0.3, -0.25) is 10.1 Å². The third-order valence-electron chi connectivity index (χ3n) is 2.73. The normalized spacial score (nSPS) is 13.6. The number of rotatable bonds is 5. The number of carbonyl (C=O) groups is 1. The van der Waals surface area contributed by atoms with Gasteiger partial charge in [-0.1, -0.05) is 38.1 Å². The van der Waals surface area contributed by atoms with Crippen molar-refractivity contribution >= 4 is 5.91 Å². The summed E-state index contributed by atoms with van der Waals surface area (Å²) >= 11 is 0. The zero-order chi connectivity index (χ0) is 14.6. The molecule has 0 aromatic heterocycles. The maximum absolute atomic E-state index is 12.2. The number of hydrogen-bond donors (Lipinski definition) is 2. The van der Waals surface area contributed by atoms with E-state index in [1.807, 2.05) is 13.8 Å². The highest BCUT2D eigenvalue weighted by Gasteiger charge is 2.30. The highest BCUT2D eigenvalue weighted by atomic mass is 19.4. The second-order valence-electron chi connectivity index (χ2n) is 4.65. The predicted octanol–water partition coefficient (Wildman–Crippen LogP) is 2.49. The van der Waals surface area contributed by atoms with E-state index in [0.29, 0.717) is 11.5 Å². The van der Waals surface area contributed by atoms with Crippen LogP contribution in [0.25, 0.3) is 0 Å². The molecule has 1 aromatic rings. The lowest BCUT2D eigenvalue weighted by Gasteiger charge is -2.17. The van der Waals surface area contributed by atoms with Gasteiger partial charge in [-0.15, -0.1) is 0 Å². The van der Waals surface area contributed by atoms with Crippen molar-refractivity contribution < 1.29 is 18.0 Å². The standard InChI is InChI=1S/C13H17F3N2O/c1-8(2)9-3-5-10(6-4-9)11(12(17)19)18-7-13(14,15)16/h3-6,8,11,18H,7H2,1-2H3,(H2,17,19). The van der Waals surface area contributed by atoms with E-state index in [-0.39, 0.29) is 0 Å². The number of carbonyl (C=O) groups excluding carboxylic acids is 1. The van der Waals surface area contributed by atoms with E-state index in [1.165, 1.54) is 0 Å². The van der Waals surface area contributed by atoms with E-state index < -0.39 is 24.7 Å². The zero-order valence-corrected chi connectivity index (χ0v) is 10.8. The SMILES string of the molecule is CC(C)c1ccc(C(NCC(F)(F)F)C(N)=O)cc1. The predicted molar refractivity (Wildman–Crippen MR) is 66.5 cm³/mol. The second-order valence-corrected chi connectivity index (χ2v) is 4.65. The molecule has 1 unspecified atom stereocenters. The largest absolute Gasteiger partial charge is 0.401 e. The summed E-state index contributed by atoms with van der Waals surface area (Å²) in [6, 6.07) is 5.67. The van der Waals surface area contributed by atoms with E-state index >= 15 is 0 Å². The molecule has 3 nitrogen and oxygen atoms in total. The van der Waals surface area contributed by atoms with E-state index in [4.69, 9.17) is 5.73 Å². The molecule has 1 aromatic carbocycles. The minimum atomic E-state index is -4.38. The lowest BCUT2D eigenvalue weighted by molar-refractivity contribution is -0.130. The monoisotopic (exact) mass is 274 g/mol. The van der Waals surface area contributed by atoms with Crippen LogP contribution in [0.4, 0.5) is 13.2 Å². The average Bonchev–Trinajstić information content (AvgIpc) is 2.27. The Balaban J connectivity index is 2.84. The summed E-state index contributed by atoms with van der Waals surface area (Å²) in [5.74, 6) is -0.522. The quantitative estimate of drug-likeness (QED) is 0.866. The fourth-order valence-electron chi connectivity index (χ4n) is 1.67. The molecular weight excluding hydrogens is 257 g/mol. The van der Waals surface area contributed by atoms with E-state index in [2.05, 4.69) is 5.32 Å². The van der Waals surface area contributed by atoms with Crippen molar-refractivity contribution in [2.45, 2.75) is 32.0 Å². The van der Waals surface area contributed by atoms with Crippen LogP contribution in [-0.4, -0.2) is 18.6 Å². The Morgan fingerprint density at radius 3 is 2.05 bits per heavy atom. The van der Waals surface area contributed by atoms with Gasteiger partial charge in [-0.2, -0.15) is 13.2 Å².